The van der Waals surface area contributed by atoms with E-state index in [0.29, 0.717) is 17.3 Å². The molecular weight excluding hydrogens is 298 g/mol. The number of carbonyl (C=O) groups excluding carboxylic acids is 3. The smallest absolute Gasteiger partial charge is 0.333 e. The van der Waals surface area contributed by atoms with Gasteiger partial charge in [0, 0.05) is 12.1 Å². The number of aromatic nitrogens is 2. The molecule has 0 radical (unpaired) electrons. The molecule has 1 aromatic carbocycles. The Hall–Kier alpha value is -2.96. The highest BCUT2D eigenvalue weighted by Gasteiger charge is 2.38. The minimum Gasteiger partial charge on any atom is -0.346 e. The van der Waals surface area contributed by atoms with Crippen molar-refractivity contribution in [3.63, 3.8) is 0 Å². The number of H-pyrrole nitrogens is 1. The second-order valence-corrected chi connectivity index (χ2v) is 5.31. The zero-order chi connectivity index (χ0) is 16.6. The second kappa shape index (κ2) is 5.68. The van der Waals surface area contributed by atoms with E-state index in [4.69, 9.17) is 4.84 Å². The fourth-order valence-electron chi connectivity index (χ4n) is 2.36. The maximum atomic E-state index is 12.1. The van der Waals surface area contributed by atoms with Crippen LogP contribution in [0.2, 0.25) is 0 Å². The first-order valence-electron chi connectivity index (χ1n) is 7.18. The lowest BCUT2D eigenvalue weighted by Crippen LogP contribution is -2.32. The summed E-state index contributed by atoms with van der Waals surface area (Å²) >= 11 is 0. The molecule has 0 spiro atoms. The number of nitrogens with one attached hydrogen (secondary N) is 1. The van der Waals surface area contributed by atoms with Crippen molar-refractivity contribution < 1.29 is 19.2 Å². The third-order valence-electron chi connectivity index (χ3n) is 3.69. The third kappa shape index (κ3) is 2.73. The quantitative estimate of drug-likeness (QED) is 0.868. The number of hydroxylamine groups is 2. The molecule has 118 valence electrons. The summed E-state index contributed by atoms with van der Waals surface area (Å²) in [4.78, 5) is 48.3. The lowest BCUT2D eigenvalue weighted by molar-refractivity contribution is -0.168. The van der Waals surface area contributed by atoms with Gasteiger partial charge in [0.05, 0.1) is 23.2 Å². The van der Waals surface area contributed by atoms with Crippen LogP contribution in [0.5, 0.6) is 0 Å². The predicted molar refractivity (Wildman–Crippen MR) is 79.4 cm³/mol. The summed E-state index contributed by atoms with van der Waals surface area (Å²) < 4.78 is 0. The number of hydrogen-bond acceptors (Lipinski definition) is 5. The van der Waals surface area contributed by atoms with Crippen LogP contribution in [0, 0.1) is 13.8 Å². The van der Waals surface area contributed by atoms with E-state index < -0.39 is 17.8 Å². The maximum Gasteiger partial charge on any atom is 0.333 e. The largest absolute Gasteiger partial charge is 0.346 e. The van der Waals surface area contributed by atoms with Crippen molar-refractivity contribution in [1.82, 2.24) is 15.0 Å². The Bertz CT molecular complexity index is 755. The van der Waals surface area contributed by atoms with Gasteiger partial charge in [-0.3, -0.25) is 9.59 Å². The van der Waals surface area contributed by atoms with Gasteiger partial charge in [-0.05, 0) is 26.0 Å². The summed E-state index contributed by atoms with van der Waals surface area (Å²) in [6, 6.07) is 6.35. The Balaban J connectivity index is 1.63. The van der Waals surface area contributed by atoms with E-state index >= 15 is 0 Å². The van der Waals surface area contributed by atoms with Gasteiger partial charge >= 0.3 is 5.97 Å². The fourth-order valence-corrected chi connectivity index (χ4v) is 2.36. The van der Waals surface area contributed by atoms with Crippen LogP contribution in [-0.2, 0) is 16.1 Å². The summed E-state index contributed by atoms with van der Waals surface area (Å²) in [6.07, 6.45) is 0.358. The molecular formula is C16H15N3O4. The van der Waals surface area contributed by atoms with Gasteiger partial charge in [0.1, 0.15) is 5.82 Å². The molecule has 1 N–H and O–H groups in total. The number of hydrogen-bond donors (Lipinski definition) is 1. The molecule has 0 aliphatic carbocycles. The first-order chi connectivity index (χ1) is 11.0. The minimum atomic E-state index is -0.661. The Morgan fingerprint density at radius 3 is 2.30 bits per heavy atom. The van der Waals surface area contributed by atoms with Crippen LogP contribution in [0.15, 0.2) is 24.3 Å². The molecule has 0 bridgehead atoms. The number of amides is 2. The molecule has 1 aliphatic rings. The van der Waals surface area contributed by atoms with Gasteiger partial charge in [-0.2, -0.15) is 0 Å². The van der Waals surface area contributed by atoms with Gasteiger partial charge in [-0.1, -0.05) is 17.2 Å². The highest BCUT2D eigenvalue weighted by molar-refractivity contribution is 6.20. The summed E-state index contributed by atoms with van der Waals surface area (Å²) in [5, 5.41) is 0.519. The van der Waals surface area contributed by atoms with Gasteiger partial charge in [0.25, 0.3) is 11.8 Å². The number of imide groups is 1. The van der Waals surface area contributed by atoms with Crippen molar-refractivity contribution in [3.8, 4) is 0 Å². The fraction of sp³-hybridized carbons (Fsp3) is 0.250. The number of carbonyl (C=O) groups is 3. The molecule has 7 nitrogen and oxygen atoms in total. The summed E-state index contributed by atoms with van der Waals surface area (Å²) in [5.41, 5.74) is 2.28. The van der Waals surface area contributed by atoms with E-state index in [1.807, 2.05) is 13.8 Å². The summed E-state index contributed by atoms with van der Waals surface area (Å²) in [5.74, 6) is -1.24. The van der Waals surface area contributed by atoms with Crippen LogP contribution in [-0.4, -0.2) is 32.8 Å². The predicted octanol–water partition coefficient (Wildman–Crippen LogP) is 1.71. The molecule has 2 heterocycles. The van der Waals surface area contributed by atoms with Gasteiger partial charge in [0.15, 0.2) is 0 Å². The zero-order valence-electron chi connectivity index (χ0n) is 12.8. The number of aromatic amines is 1. The Labute approximate surface area is 132 Å². The Morgan fingerprint density at radius 1 is 1.17 bits per heavy atom. The van der Waals surface area contributed by atoms with Crippen molar-refractivity contribution in [2.45, 2.75) is 26.7 Å². The monoisotopic (exact) mass is 313 g/mol. The number of rotatable bonds is 4. The molecule has 0 fully saturated rings. The third-order valence-corrected chi connectivity index (χ3v) is 3.69. The van der Waals surface area contributed by atoms with Gasteiger partial charge in [0.2, 0.25) is 0 Å². The summed E-state index contributed by atoms with van der Waals surface area (Å²) in [6.45, 7) is 3.76. The van der Waals surface area contributed by atoms with Gasteiger partial charge in [-0.15, -0.1) is 0 Å². The zero-order valence-corrected chi connectivity index (χ0v) is 12.8. The second-order valence-electron chi connectivity index (χ2n) is 5.31. The number of aryl methyl sites for hydroxylation is 3. The van der Waals surface area contributed by atoms with Gasteiger partial charge < -0.3 is 9.82 Å². The molecule has 1 aliphatic heterocycles. The molecule has 0 unspecified atom stereocenters. The van der Waals surface area contributed by atoms with E-state index in [0.717, 1.165) is 11.4 Å². The SMILES string of the molecule is Cc1nc(CCC(=O)ON2C(=O)c3ccccc3C2=O)[nH]c1C. The molecule has 2 amide bonds. The first-order valence-corrected chi connectivity index (χ1v) is 7.18. The molecule has 0 saturated carbocycles. The first kappa shape index (κ1) is 15.0. The lowest BCUT2D eigenvalue weighted by atomic mass is 10.1. The van der Waals surface area contributed by atoms with E-state index in [9.17, 15) is 14.4 Å². The highest BCUT2D eigenvalue weighted by Crippen LogP contribution is 2.22. The van der Waals surface area contributed by atoms with E-state index in [1.54, 1.807) is 12.1 Å². The Kier molecular flexibility index (Phi) is 3.69. The molecule has 0 atom stereocenters. The van der Waals surface area contributed by atoms with Crippen molar-refractivity contribution in [2.75, 3.05) is 0 Å². The van der Waals surface area contributed by atoms with Crippen LogP contribution in [0.25, 0.3) is 0 Å². The normalized spacial score (nSPS) is 13.4. The van der Waals surface area contributed by atoms with Crippen LogP contribution in [0.4, 0.5) is 0 Å². The number of nitrogens with zero attached hydrogens (tertiary/aromatic N) is 2. The number of imidazole rings is 1. The van der Waals surface area contributed by atoms with E-state index in [-0.39, 0.29) is 17.5 Å². The number of benzene rings is 1. The Morgan fingerprint density at radius 2 is 1.78 bits per heavy atom. The van der Waals surface area contributed by atoms with Crippen molar-refractivity contribution in [2.24, 2.45) is 0 Å². The van der Waals surface area contributed by atoms with Crippen LogP contribution < -0.4 is 0 Å². The molecule has 3 rings (SSSR count). The molecule has 0 saturated heterocycles. The van der Waals surface area contributed by atoms with Crippen LogP contribution >= 0.6 is 0 Å². The maximum absolute atomic E-state index is 12.1. The summed E-state index contributed by atoms with van der Waals surface area (Å²) in [7, 11) is 0. The molecule has 7 heteroatoms. The van der Waals surface area contributed by atoms with Crippen molar-refractivity contribution in [1.29, 1.82) is 0 Å². The van der Waals surface area contributed by atoms with E-state index in [1.165, 1.54) is 12.1 Å². The van der Waals surface area contributed by atoms with E-state index in [2.05, 4.69) is 9.97 Å². The number of fused-ring (bicyclic) bond motifs is 1. The standard InChI is InChI=1S/C16H15N3O4/c1-9-10(2)18-13(17-9)7-8-14(20)23-19-15(21)11-5-3-4-6-12(11)16(19)22/h3-6H,7-8H2,1-2H3,(H,17,18). The topological polar surface area (TPSA) is 92.4 Å². The van der Waals surface area contributed by atoms with Crippen LogP contribution in [0.1, 0.15) is 44.3 Å². The average Bonchev–Trinajstić information content (AvgIpc) is 2.98. The average molecular weight is 313 g/mol. The molecule has 23 heavy (non-hydrogen) atoms. The molecule has 1 aromatic heterocycles. The van der Waals surface area contributed by atoms with Crippen molar-refractivity contribution in [3.05, 3.63) is 52.6 Å². The van der Waals surface area contributed by atoms with Crippen molar-refractivity contribution >= 4 is 17.8 Å². The van der Waals surface area contributed by atoms with Gasteiger partial charge in [-0.25, -0.2) is 9.78 Å². The minimum absolute atomic E-state index is 0.0137. The molecule has 2 aromatic rings. The lowest BCUT2D eigenvalue weighted by Gasteiger charge is -2.12. The highest BCUT2D eigenvalue weighted by atomic mass is 16.7. The van der Waals surface area contributed by atoms with Crippen LogP contribution in [0.3, 0.4) is 0 Å².